The zero-order valence-corrected chi connectivity index (χ0v) is 11.9. The first-order valence-electron chi connectivity index (χ1n) is 5.37. The average molecular weight is 278 g/mol. The van der Waals surface area contributed by atoms with Gasteiger partial charge in [0, 0.05) is 13.1 Å². The van der Waals surface area contributed by atoms with E-state index in [1.54, 1.807) is 6.92 Å². The molecule has 0 rings (SSSR count). The van der Waals surface area contributed by atoms with E-state index in [9.17, 15) is 9.59 Å². The van der Waals surface area contributed by atoms with Crippen molar-refractivity contribution in [2.45, 2.75) is 26.0 Å². The standard InChI is InChI=1S/C10H18N2O3S2/c1-4-12(5-2)10(16)17-7(3)9(15)11-6-8(13)14/h7H,4-6H2,1-3H3,(H,11,15)(H,13,14). The third-order valence-corrected chi connectivity index (χ3v) is 3.66. The Balaban J connectivity index is 4.15. The summed E-state index contributed by atoms with van der Waals surface area (Å²) in [6, 6.07) is 0. The molecule has 0 saturated carbocycles. The summed E-state index contributed by atoms with van der Waals surface area (Å²) in [5.74, 6) is -1.37. The van der Waals surface area contributed by atoms with Crippen LogP contribution in [0.4, 0.5) is 0 Å². The Morgan fingerprint density at radius 2 is 1.94 bits per heavy atom. The van der Waals surface area contributed by atoms with Crippen molar-refractivity contribution in [3.05, 3.63) is 0 Å². The fraction of sp³-hybridized carbons (Fsp3) is 0.700. The maximum Gasteiger partial charge on any atom is 0.322 e. The van der Waals surface area contributed by atoms with E-state index in [1.165, 1.54) is 11.8 Å². The van der Waals surface area contributed by atoms with Gasteiger partial charge in [0.05, 0.1) is 5.25 Å². The van der Waals surface area contributed by atoms with E-state index in [0.29, 0.717) is 4.32 Å². The molecule has 0 aromatic carbocycles. The van der Waals surface area contributed by atoms with Crippen LogP contribution in [0.3, 0.4) is 0 Å². The molecule has 17 heavy (non-hydrogen) atoms. The average Bonchev–Trinajstić information content (AvgIpc) is 2.27. The highest BCUT2D eigenvalue weighted by atomic mass is 32.2. The number of carbonyl (C=O) groups excluding carboxylic acids is 1. The Morgan fingerprint density at radius 3 is 2.35 bits per heavy atom. The number of carboxylic acids is 1. The van der Waals surface area contributed by atoms with Crippen LogP contribution in [0.15, 0.2) is 0 Å². The smallest absolute Gasteiger partial charge is 0.322 e. The van der Waals surface area contributed by atoms with Gasteiger partial charge in [0.15, 0.2) is 0 Å². The normalized spacial score (nSPS) is 11.7. The lowest BCUT2D eigenvalue weighted by Gasteiger charge is -2.22. The van der Waals surface area contributed by atoms with Crippen molar-refractivity contribution in [3.63, 3.8) is 0 Å². The summed E-state index contributed by atoms with van der Waals surface area (Å²) in [4.78, 5) is 23.8. The number of nitrogens with one attached hydrogen (secondary N) is 1. The number of thiocarbonyl (C=S) groups is 1. The van der Waals surface area contributed by atoms with E-state index >= 15 is 0 Å². The molecule has 0 radical (unpaired) electrons. The van der Waals surface area contributed by atoms with Gasteiger partial charge < -0.3 is 15.3 Å². The third kappa shape index (κ3) is 6.48. The molecule has 0 aliphatic heterocycles. The Labute approximate surface area is 111 Å². The molecule has 0 aliphatic rings. The van der Waals surface area contributed by atoms with Crippen LogP contribution < -0.4 is 5.32 Å². The number of thioether (sulfide) groups is 1. The Bertz CT molecular complexity index is 293. The summed E-state index contributed by atoms with van der Waals surface area (Å²) < 4.78 is 0.660. The van der Waals surface area contributed by atoms with Gasteiger partial charge in [-0.3, -0.25) is 9.59 Å². The molecule has 0 aliphatic carbocycles. The monoisotopic (exact) mass is 278 g/mol. The van der Waals surface area contributed by atoms with Gasteiger partial charge in [-0.05, 0) is 20.8 Å². The van der Waals surface area contributed by atoms with Gasteiger partial charge in [0.1, 0.15) is 10.9 Å². The molecule has 0 saturated heterocycles. The number of hydrogen-bond acceptors (Lipinski definition) is 4. The molecule has 7 heteroatoms. The van der Waals surface area contributed by atoms with Crippen molar-refractivity contribution in [1.29, 1.82) is 0 Å². The van der Waals surface area contributed by atoms with Gasteiger partial charge in [-0.1, -0.05) is 24.0 Å². The topological polar surface area (TPSA) is 69.6 Å². The molecule has 0 aromatic rings. The molecule has 0 bridgehead atoms. The first-order valence-corrected chi connectivity index (χ1v) is 6.66. The van der Waals surface area contributed by atoms with Gasteiger partial charge >= 0.3 is 5.97 Å². The second kappa shape index (κ2) is 8.30. The maximum atomic E-state index is 11.5. The number of amides is 1. The van der Waals surface area contributed by atoms with Crippen molar-refractivity contribution in [2.75, 3.05) is 19.6 Å². The highest BCUT2D eigenvalue weighted by molar-refractivity contribution is 8.23. The predicted molar refractivity (Wildman–Crippen MR) is 73.2 cm³/mol. The molecule has 0 fully saturated rings. The number of rotatable bonds is 6. The van der Waals surface area contributed by atoms with Crippen molar-refractivity contribution in [1.82, 2.24) is 10.2 Å². The van der Waals surface area contributed by atoms with E-state index in [2.05, 4.69) is 5.32 Å². The summed E-state index contributed by atoms with van der Waals surface area (Å²) in [5.41, 5.74) is 0. The number of carboxylic acid groups (broad SMARTS) is 1. The molecule has 0 spiro atoms. The van der Waals surface area contributed by atoms with Crippen molar-refractivity contribution in [2.24, 2.45) is 0 Å². The summed E-state index contributed by atoms with van der Waals surface area (Å²) in [7, 11) is 0. The summed E-state index contributed by atoms with van der Waals surface area (Å²) in [6.45, 7) is 6.92. The SMILES string of the molecule is CCN(CC)C(=S)SC(C)C(=O)NCC(=O)O. The van der Waals surface area contributed by atoms with Gasteiger partial charge in [-0.25, -0.2) is 0 Å². The van der Waals surface area contributed by atoms with Crippen molar-refractivity contribution >= 4 is 40.2 Å². The molecule has 1 atom stereocenters. The first kappa shape index (κ1) is 16.2. The zero-order valence-electron chi connectivity index (χ0n) is 10.2. The largest absolute Gasteiger partial charge is 0.480 e. The van der Waals surface area contributed by atoms with Crippen LogP contribution in [0.1, 0.15) is 20.8 Å². The molecule has 98 valence electrons. The highest BCUT2D eigenvalue weighted by Crippen LogP contribution is 2.16. The minimum Gasteiger partial charge on any atom is -0.480 e. The number of hydrogen-bond donors (Lipinski definition) is 2. The van der Waals surface area contributed by atoms with Crippen LogP contribution in [0.2, 0.25) is 0 Å². The van der Waals surface area contributed by atoms with E-state index < -0.39 is 5.97 Å². The minimum absolute atomic E-state index is 0.313. The van der Waals surface area contributed by atoms with Crippen LogP contribution in [-0.2, 0) is 9.59 Å². The summed E-state index contributed by atoms with van der Waals surface area (Å²) in [5, 5.41) is 10.4. The molecule has 0 aromatic heterocycles. The first-order chi connectivity index (χ1) is 7.92. The quantitative estimate of drug-likeness (QED) is 0.705. The van der Waals surface area contributed by atoms with Crippen LogP contribution in [0.25, 0.3) is 0 Å². The summed E-state index contributed by atoms with van der Waals surface area (Å²) in [6.07, 6.45) is 0. The zero-order chi connectivity index (χ0) is 13.4. The van der Waals surface area contributed by atoms with Gasteiger partial charge in [-0.2, -0.15) is 0 Å². The van der Waals surface area contributed by atoms with Crippen molar-refractivity contribution in [3.8, 4) is 0 Å². The van der Waals surface area contributed by atoms with Gasteiger partial charge in [0.25, 0.3) is 0 Å². The van der Waals surface area contributed by atoms with E-state index in [-0.39, 0.29) is 17.7 Å². The van der Waals surface area contributed by atoms with Crippen LogP contribution in [-0.4, -0.2) is 51.1 Å². The minimum atomic E-state index is -1.05. The number of carbonyl (C=O) groups is 2. The third-order valence-electron chi connectivity index (χ3n) is 2.08. The van der Waals surface area contributed by atoms with E-state index in [0.717, 1.165) is 13.1 Å². The molecule has 0 heterocycles. The second-order valence-corrected chi connectivity index (χ2v) is 5.28. The van der Waals surface area contributed by atoms with Crippen LogP contribution in [0.5, 0.6) is 0 Å². The second-order valence-electron chi connectivity index (χ2n) is 3.31. The fourth-order valence-corrected chi connectivity index (χ4v) is 2.66. The Kier molecular flexibility index (Phi) is 7.90. The van der Waals surface area contributed by atoms with Crippen molar-refractivity contribution < 1.29 is 14.7 Å². The van der Waals surface area contributed by atoms with Gasteiger partial charge in [0.2, 0.25) is 5.91 Å². The molecule has 1 amide bonds. The van der Waals surface area contributed by atoms with Gasteiger partial charge in [-0.15, -0.1) is 0 Å². The predicted octanol–water partition coefficient (Wildman–Crippen LogP) is 0.936. The summed E-state index contributed by atoms with van der Waals surface area (Å²) >= 11 is 6.47. The maximum absolute atomic E-state index is 11.5. The number of nitrogens with zero attached hydrogens (tertiary/aromatic N) is 1. The molecule has 2 N–H and O–H groups in total. The fourth-order valence-electron chi connectivity index (χ4n) is 1.07. The lowest BCUT2D eigenvalue weighted by atomic mass is 10.4. The van der Waals surface area contributed by atoms with Crippen LogP contribution >= 0.6 is 24.0 Å². The van der Waals surface area contributed by atoms with E-state index in [4.69, 9.17) is 17.3 Å². The Morgan fingerprint density at radius 1 is 1.41 bits per heavy atom. The molecule has 5 nitrogen and oxygen atoms in total. The number of aliphatic carboxylic acids is 1. The van der Waals surface area contributed by atoms with Crippen LogP contribution in [0, 0.1) is 0 Å². The molecular weight excluding hydrogens is 260 g/mol. The lowest BCUT2D eigenvalue weighted by molar-refractivity contribution is -0.137. The molecular formula is C10H18N2O3S2. The molecule has 1 unspecified atom stereocenters. The van der Waals surface area contributed by atoms with E-state index in [1.807, 2.05) is 18.7 Å². The Hall–Kier alpha value is -0.820. The lowest BCUT2D eigenvalue weighted by Crippen LogP contribution is -2.37. The highest BCUT2D eigenvalue weighted by Gasteiger charge is 2.18.